The maximum absolute atomic E-state index is 2.36. The molecule has 3 aromatic rings. The Hall–Kier alpha value is -2.60. The van der Waals surface area contributed by atoms with E-state index < -0.39 is 0 Å². The summed E-state index contributed by atoms with van der Waals surface area (Å²) in [6.07, 6.45) is 8.75. The van der Waals surface area contributed by atoms with Crippen LogP contribution in [0, 0.1) is 27.7 Å². The van der Waals surface area contributed by atoms with Crippen LogP contribution in [-0.4, -0.2) is 0 Å². The third-order valence-electron chi connectivity index (χ3n) is 5.48. The van der Waals surface area contributed by atoms with Gasteiger partial charge in [-0.3, -0.25) is 0 Å². The summed E-state index contributed by atoms with van der Waals surface area (Å²) in [4.78, 5) is 0. The first-order chi connectivity index (χ1) is 12.5. The molecule has 0 aliphatic carbocycles. The van der Waals surface area contributed by atoms with Crippen LogP contribution < -0.4 is 0 Å². The van der Waals surface area contributed by atoms with Crippen LogP contribution in [0.25, 0.3) is 34.1 Å². The smallest absolute Gasteiger partial charge is 0.00965 e. The fraction of sp³-hybridized carbons (Fsp3) is 0.231. The molecule has 132 valence electrons. The highest BCUT2D eigenvalue weighted by atomic mass is 14.2. The fourth-order valence-corrected chi connectivity index (χ4v) is 3.67. The first-order valence-corrected chi connectivity index (χ1v) is 9.37. The zero-order valence-electron chi connectivity index (χ0n) is 16.8. The summed E-state index contributed by atoms with van der Waals surface area (Å²) in [5, 5.41) is 2.65. The zero-order chi connectivity index (χ0) is 18.8. The molecule has 0 heterocycles. The standard InChI is InChI=1S/C26H28/c1-7-9-23-19(5)20(6)24(10-8-2)26-16-22(13-14-25(23)26)21-12-11-17(3)18(4)15-21/h7-16H,1-6H3. The van der Waals surface area contributed by atoms with Crippen LogP contribution in [0.3, 0.4) is 0 Å². The van der Waals surface area contributed by atoms with Gasteiger partial charge in [-0.1, -0.05) is 54.6 Å². The topological polar surface area (TPSA) is 0 Å². The molecule has 0 aromatic heterocycles. The van der Waals surface area contributed by atoms with E-state index in [4.69, 9.17) is 0 Å². The summed E-state index contributed by atoms with van der Waals surface area (Å²) < 4.78 is 0. The van der Waals surface area contributed by atoms with Gasteiger partial charge in [0.25, 0.3) is 0 Å². The highest BCUT2D eigenvalue weighted by molar-refractivity contribution is 6.01. The van der Waals surface area contributed by atoms with Crippen LogP contribution in [0.2, 0.25) is 0 Å². The molecule has 0 fully saturated rings. The van der Waals surface area contributed by atoms with Crippen LogP contribution in [0.1, 0.15) is 47.2 Å². The van der Waals surface area contributed by atoms with Crippen LogP contribution >= 0.6 is 0 Å². The van der Waals surface area contributed by atoms with Crippen molar-refractivity contribution in [2.45, 2.75) is 41.5 Å². The number of rotatable bonds is 3. The van der Waals surface area contributed by atoms with Gasteiger partial charge in [0, 0.05) is 0 Å². The molecule has 0 spiro atoms. The van der Waals surface area contributed by atoms with Gasteiger partial charge in [0.05, 0.1) is 0 Å². The lowest BCUT2D eigenvalue weighted by molar-refractivity contribution is 1.33. The number of hydrogen-bond donors (Lipinski definition) is 0. The van der Waals surface area contributed by atoms with Gasteiger partial charge in [0.2, 0.25) is 0 Å². The normalized spacial score (nSPS) is 11.9. The van der Waals surface area contributed by atoms with E-state index in [0.717, 1.165) is 0 Å². The van der Waals surface area contributed by atoms with Gasteiger partial charge in [-0.25, -0.2) is 0 Å². The number of fused-ring (bicyclic) bond motifs is 1. The van der Waals surface area contributed by atoms with Gasteiger partial charge in [0.15, 0.2) is 0 Å². The van der Waals surface area contributed by atoms with Crippen molar-refractivity contribution >= 4 is 22.9 Å². The van der Waals surface area contributed by atoms with Crippen LogP contribution in [0.4, 0.5) is 0 Å². The molecular formula is C26H28. The average molecular weight is 341 g/mol. The molecule has 0 saturated heterocycles. The predicted molar refractivity (Wildman–Crippen MR) is 118 cm³/mol. The second-order valence-electron chi connectivity index (χ2n) is 7.14. The Bertz CT molecular complexity index is 1030. The molecule has 0 bridgehead atoms. The van der Waals surface area contributed by atoms with E-state index in [1.807, 2.05) is 0 Å². The van der Waals surface area contributed by atoms with Crippen molar-refractivity contribution in [3.8, 4) is 11.1 Å². The van der Waals surface area contributed by atoms with Crippen molar-refractivity contribution in [2.75, 3.05) is 0 Å². The van der Waals surface area contributed by atoms with Gasteiger partial charge in [-0.15, -0.1) is 0 Å². The largest absolute Gasteiger partial charge is 0.0870 e. The SMILES string of the molecule is CC=Cc1c(C)c(C)c(C=CC)c2cc(-c3ccc(C)c(C)c3)ccc12. The van der Waals surface area contributed by atoms with E-state index in [9.17, 15) is 0 Å². The Balaban J connectivity index is 2.36. The summed E-state index contributed by atoms with van der Waals surface area (Å²) in [5.74, 6) is 0. The van der Waals surface area contributed by atoms with Gasteiger partial charge in [-0.2, -0.15) is 0 Å². The monoisotopic (exact) mass is 340 g/mol. The molecule has 0 saturated carbocycles. The Morgan fingerprint density at radius 1 is 0.577 bits per heavy atom. The van der Waals surface area contributed by atoms with Crippen molar-refractivity contribution < 1.29 is 0 Å². The average Bonchev–Trinajstić information content (AvgIpc) is 2.64. The second kappa shape index (κ2) is 7.33. The zero-order valence-corrected chi connectivity index (χ0v) is 16.8. The van der Waals surface area contributed by atoms with Crippen molar-refractivity contribution in [2.24, 2.45) is 0 Å². The molecule has 0 N–H and O–H groups in total. The number of benzene rings is 3. The van der Waals surface area contributed by atoms with Gasteiger partial charge in [-0.05, 0) is 103 Å². The molecule has 0 atom stereocenters. The lowest BCUT2D eigenvalue weighted by Gasteiger charge is -2.16. The van der Waals surface area contributed by atoms with Crippen molar-refractivity contribution in [3.05, 3.63) is 81.9 Å². The second-order valence-corrected chi connectivity index (χ2v) is 7.14. The molecular weight excluding hydrogens is 312 g/mol. The lowest BCUT2D eigenvalue weighted by Crippen LogP contribution is -1.95. The van der Waals surface area contributed by atoms with E-state index in [-0.39, 0.29) is 0 Å². The molecule has 3 rings (SSSR count). The Kier molecular flexibility index (Phi) is 5.13. The van der Waals surface area contributed by atoms with Crippen molar-refractivity contribution in [3.63, 3.8) is 0 Å². The van der Waals surface area contributed by atoms with Crippen LogP contribution in [0.15, 0.2) is 48.6 Å². The van der Waals surface area contributed by atoms with Gasteiger partial charge in [0.1, 0.15) is 0 Å². The third kappa shape index (κ3) is 3.12. The Morgan fingerprint density at radius 2 is 1.12 bits per heavy atom. The summed E-state index contributed by atoms with van der Waals surface area (Å²) >= 11 is 0. The summed E-state index contributed by atoms with van der Waals surface area (Å²) in [5.41, 5.74) is 10.6. The highest BCUT2D eigenvalue weighted by Crippen LogP contribution is 2.35. The molecule has 0 heteroatoms. The van der Waals surface area contributed by atoms with Crippen LogP contribution in [-0.2, 0) is 0 Å². The maximum Gasteiger partial charge on any atom is -0.00965 e. The van der Waals surface area contributed by atoms with E-state index in [0.29, 0.717) is 0 Å². The first kappa shape index (κ1) is 18.2. The third-order valence-corrected chi connectivity index (χ3v) is 5.48. The molecule has 0 aliphatic rings. The minimum atomic E-state index is 1.28. The molecule has 0 unspecified atom stereocenters. The maximum atomic E-state index is 2.36. The number of aryl methyl sites for hydroxylation is 2. The lowest BCUT2D eigenvalue weighted by atomic mass is 9.88. The molecule has 0 aliphatic heterocycles. The van der Waals surface area contributed by atoms with Gasteiger partial charge >= 0.3 is 0 Å². The molecule has 3 aromatic carbocycles. The Morgan fingerprint density at radius 3 is 1.69 bits per heavy atom. The predicted octanol–water partition coefficient (Wildman–Crippen LogP) is 7.81. The number of hydrogen-bond acceptors (Lipinski definition) is 0. The molecule has 0 radical (unpaired) electrons. The van der Waals surface area contributed by atoms with E-state index in [2.05, 4.69) is 102 Å². The summed E-state index contributed by atoms with van der Waals surface area (Å²) in [6.45, 7) is 13.0. The van der Waals surface area contributed by atoms with Crippen molar-refractivity contribution in [1.29, 1.82) is 0 Å². The van der Waals surface area contributed by atoms with Crippen LogP contribution in [0.5, 0.6) is 0 Å². The highest BCUT2D eigenvalue weighted by Gasteiger charge is 2.12. The quantitative estimate of drug-likeness (QED) is 0.456. The Labute approximate surface area is 157 Å². The molecule has 26 heavy (non-hydrogen) atoms. The minimum Gasteiger partial charge on any atom is -0.0870 e. The van der Waals surface area contributed by atoms with Crippen molar-refractivity contribution in [1.82, 2.24) is 0 Å². The minimum absolute atomic E-state index is 1.28. The summed E-state index contributed by atoms with van der Waals surface area (Å²) in [6, 6.07) is 13.6. The molecule has 0 nitrogen and oxygen atoms in total. The first-order valence-electron chi connectivity index (χ1n) is 9.37. The fourth-order valence-electron chi connectivity index (χ4n) is 3.67. The van der Waals surface area contributed by atoms with E-state index in [1.54, 1.807) is 0 Å². The molecule has 0 amide bonds. The van der Waals surface area contributed by atoms with E-state index in [1.165, 1.54) is 55.3 Å². The summed E-state index contributed by atoms with van der Waals surface area (Å²) in [7, 11) is 0. The van der Waals surface area contributed by atoms with E-state index >= 15 is 0 Å². The van der Waals surface area contributed by atoms with Gasteiger partial charge < -0.3 is 0 Å². The number of allylic oxidation sites excluding steroid dienone is 2.